The molecule has 2 saturated heterocycles. The Morgan fingerprint density at radius 3 is 2.68 bits per heavy atom. The van der Waals surface area contributed by atoms with Gasteiger partial charge >= 0.3 is 5.97 Å². The highest BCUT2D eigenvalue weighted by Gasteiger charge is 2.69. The van der Waals surface area contributed by atoms with Crippen LogP contribution in [0.1, 0.15) is 19.8 Å². The average Bonchev–Trinajstić information content (AvgIpc) is 2.82. The van der Waals surface area contributed by atoms with Crippen molar-refractivity contribution in [2.75, 3.05) is 11.9 Å². The second-order valence-electron chi connectivity index (χ2n) is 7.19. The Bertz CT molecular complexity index is 1090. The number of nitrogens with one attached hydrogen (secondary N) is 2. The first-order valence-corrected chi connectivity index (χ1v) is 10.9. The number of sulfone groups is 1. The predicted molar refractivity (Wildman–Crippen MR) is 109 cm³/mol. The van der Waals surface area contributed by atoms with E-state index >= 15 is 0 Å². The molecule has 2 aliphatic heterocycles. The maximum atomic E-state index is 12.7. The van der Waals surface area contributed by atoms with E-state index in [-0.39, 0.29) is 30.1 Å². The number of anilines is 1. The van der Waals surface area contributed by atoms with Crippen molar-refractivity contribution in [2.24, 2.45) is 5.10 Å². The van der Waals surface area contributed by atoms with Crippen molar-refractivity contribution < 1.29 is 38.1 Å². The normalized spacial score (nSPS) is 26.4. The number of amides is 2. The number of phenols is 2. The third-order valence-electron chi connectivity index (χ3n) is 5.25. The number of aliphatic carboxylic acids is 1. The van der Waals surface area contributed by atoms with E-state index in [0.29, 0.717) is 0 Å². The smallest absolute Gasteiger partial charge is 0.328 e. The van der Waals surface area contributed by atoms with Gasteiger partial charge in [-0.1, -0.05) is 11.6 Å². The summed E-state index contributed by atoms with van der Waals surface area (Å²) >= 11 is 5.86. The Hall–Kier alpha value is -3.06. The van der Waals surface area contributed by atoms with Crippen LogP contribution in [0.2, 0.25) is 5.02 Å². The number of hydrogen-bond acceptors (Lipinski definition) is 9. The van der Waals surface area contributed by atoms with E-state index < -0.39 is 55.3 Å². The molecule has 5 N–H and O–H groups in total. The van der Waals surface area contributed by atoms with E-state index in [9.17, 15) is 38.1 Å². The molecule has 0 radical (unpaired) electrons. The number of halogens is 1. The number of carboxylic acid groups (broad SMARTS) is 1. The molecule has 3 atom stereocenters. The van der Waals surface area contributed by atoms with Crippen LogP contribution < -0.4 is 10.7 Å². The number of nitrogens with zero attached hydrogens (tertiary/aromatic N) is 2. The lowest BCUT2D eigenvalue weighted by Gasteiger charge is -2.35. The highest BCUT2D eigenvalue weighted by molar-refractivity contribution is 7.94. The van der Waals surface area contributed by atoms with E-state index in [2.05, 4.69) is 15.8 Å². The van der Waals surface area contributed by atoms with Gasteiger partial charge in [0.1, 0.15) is 15.1 Å². The third kappa shape index (κ3) is 3.63. The zero-order valence-corrected chi connectivity index (χ0v) is 17.6. The number of β-lactam (4-membered cyclic amide) rings is 1. The van der Waals surface area contributed by atoms with Crippen LogP contribution in [0.4, 0.5) is 5.69 Å². The Kier molecular flexibility index (Phi) is 5.76. The minimum atomic E-state index is -4.07. The monoisotopic (exact) mass is 474 g/mol. The van der Waals surface area contributed by atoms with Crippen molar-refractivity contribution in [1.82, 2.24) is 10.3 Å². The minimum absolute atomic E-state index is 0.0585. The lowest BCUT2D eigenvalue weighted by atomic mass is 9.97. The number of hydrazone groups is 1. The molecular formula is C17H19ClN4O8S. The molecule has 168 valence electrons. The van der Waals surface area contributed by atoms with Gasteiger partial charge in [-0.25, -0.2) is 18.6 Å². The van der Waals surface area contributed by atoms with Gasteiger partial charge in [-0.3, -0.25) is 9.59 Å². The van der Waals surface area contributed by atoms with Crippen LogP contribution in [0.15, 0.2) is 17.2 Å². The van der Waals surface area contributed by atoms with E-state index in [0.717, 1.165) is 18.0 Å². The van der Waals surface area contributed by atoms with Gasteiger partial charge in [0, 0.05) is 19.2 Å². The molecular weight excluding hydrogens is 456 g/mol. The van der Waals surface area contributed by atoms with E-state index in [1.54, 1.807) is 0 Å². The number of fused-ring (bicyclic) bond motifs is 1. The third-order valence-corrected chi connectivity index (χ3v) is 8.29. The molecule has 1 aromatic carbocycles. The summed E-state index contributed by atoms with van der Waals surface area (Å²) in [6, 6.07) is 0.968. The van der Waals surface area contributed by atoms with Crippen LogP contribution in [0.25, 0.3) is 0 Å². The van der Waals surface area contributed by atoms with Crippen molar-refractivity contribution >= 4 is 51.1 Å². The van der Waals surface area contributed by atoms with Gasteiger partial charge in [-0.05, 0) is 19.1 Å². The van der Waals surface area contributed by atoms with E-state index in [1.165, 1.54) is 12.1 Å². The minimum Gasteiger partial charge on any atom is -0.504 e. The molecule has 0 aromatic heterocycles. The second kappa shape index (κ2) is 7.89. The fourth-order valence-corrected chi connectivity index (χ4v) is 5.93. The highest BCUT2D eigenvalue weighted by atomic mass is 35.5. The molecule has 1 aromatic rings. The van der Waals surface area contributed by atoms with Crippen molar-refractivity contribution in [3.63, 3.8) is 0 Å². The summed E-state index contributed by atoms with van der Waals surface area (Å²) in [4.78, 5) is 36.1. The largest absolute Gasteiger partial charge is 0.504 e. The Morgan fingerprint density at radius 2 is 2.06 bits per heavy atom. The summed E-state index contributed by atoms with van der Waals surface area (Å²) in [6.07, 6.45) is 0.407. The van der Waals surface area contributed by atoms with Gasteiger partial charge in [-0.2, -0.15) is 5.10 Å². The molecule has 2 aliphatic rings. The van der Waals surface area contributed by atoms with Gasteiger partial charge in [0.05, 0.1) is 12.1 Å². The van der Waals surface area contributed by atoms with Gasteiger partial charge in [0.15, 0.2) is 27.4 Å². The number of phenolic OH excluding ortho intramolecular Hbond substituents is 2. The Balaban J connectivity index is 1.62. The van der Waals surface area contributed by atoms with Gasteiger partial charge < -0.3 is 25.5 Å². The quantitative estimate of drug-likeness (QED) is 0.118. The molecule has 2 heterocycles. The standard InChI is InChI=1S/C17H19ClN4O8S/c1-17(15(16(27)28)22-11(25)6-12(22)31(17,29)30)7-20-21-10(24)4-5-19-8-2-3-9(23)14(26)13(8)18/h2-3,7,12,15,19,23,26H,4-6H2,1H3,(H,21,24)(H,27,28)/b20-7+/t12-,15+,17+/m1/s1. The number of carboxylic acids is 1. The number of benzene rings is 1. The molecule has 0 aliphatic carbocycles. The van der Waals surface area contributed by atoms with E-state index in [4.69, 9.17) is 11.6 Å². The molecule has 3 rings (SSSR count). The highest BCUT2D eigenvalue weighted by Crippen LogP contribution is 2.45. The molecule has 14 heteroatoms. The van der Waals surface area contributed by atoms with Crippen LogP contribution in [-0.2, 0) is 24.2 Å². The first-order chi connectivity index (χ1) is 14.4. The molecule has 2 amide bonds. The molecule has 0 bridgehead atoms. The fraction of sp³-hybridized carbons (Fsp3) is 0.412. The maximum absolute atomic E-state index is 12.7. The number of aromatic hydroxyl groups is 2. The number of carbonyl (C=O) groups excluding carboxylic acids is 2. The molecule has 2 fully saturated rings. The summed E-state index contributed by atoms with van der Waals surface area (Å²) in [5.41, 5.74) is 2.40. The summed E-state index contributed by atoms with van der Waals surface area (Å²) in [5, 5.41) is 33.4. The lowest BCUT2D eigenvalue weighted by Crippen LogP contribution is -2.57. The average molecular weight is 475 g/mol. The van der Waals surface area contributed by atoms with Crippen LogP contribution in [-0.4, -0.2) is 75.3 Å². The number of carbonyl (C=O) groups is 3. The van der Waals surface area contributed by atoms with Gasteiger partial charge in [0.2, 0.25) is 11.8 Å². The molecule has 0 saturated carbocycles. The second-order valence-corrected chi connectivity index (χ2v) is 10.1. The molecule has 0 spiro atoms. The van der Waals surface area contributed by atoms with Crippen molar-refractivity contribution in [2.45, 2.75) is 35.9 Å². The van der Waals surface area contributed by atoms with Crippen LogP contribution in [0, 0.1) is 0 Å². The molecule has 0 unspecified atom stereocenters. The van der Waals surface area contributed by atoms with E-state index in [1.807, 2.05) is 0 Å². The predicted octanol–water partition coefficient (Wildman–Crippen LogP) is -0.146. The van der Waals surface area contributed by atoms with Crippen LogP contribution in [0.3, 0.4) is 0 Å². The van der Waals surface area contributed by atoms with Crippen molar-refractivity contribution in [3.05, 3.63) is 17.2 Å². The maximum Gasteiger partial charge on any atom is 0.328 e. The molecule has 12 nitrogen and oxygen atoms in total. The van der Waals surface area contributed by atoms with Gasteiger partial charge in [0.25, 0.3) is 0 Å². The molecule has 31 heavy (non-hydrogen) atoms. The summed E-state index contributed by atoms with van der Waals surface area (Å²) < 4.78 is 23.4. The van der Waals surface area contributed by atoms with Crippen LogP contribution in [0.5, 0.6) is 11.5 Å². The SMILES string of the molecule is C[C@]1(/C=N/NC(=O)CCNc2ccc(O)c(O)c2Cl)[C@H](C(=O)O)N2C(=O)C[C@H]2S1(=O)=O. The Labute approximate surface area is 181 Å². The Morgan fingerprint density at radius 1 is 1.39 bits per heavy atom. The zero-order valence-electron chi connectivity index (χ0n) is 16.1. The number of hydrogen-bond donors (Lipinski definition) is 5. The van der Waals surface area contributed by atoms with Crippen molar-refractivity contribution in [1.29, 1.82) is 0 Å². The first-order valence-electron chi connectivity index (χ1n) is 8.96. The fourth-order valence-electron chi connectivity index (χ4n) is 3.49. The topological polar surface area (TPSA) is 186 Å². The zero-order chi connectivity index (χ0) is 23.1. The van der Waals surface area contributed by atoms with Gasteiger partial charge in [-0.15, -0.1) is 0 Å². The van der Waals surface area contributed by atoms with Crippen molar-refractivity contribution in [3.8, 4) is 11.5 Å². The summed E-state index contributed by atoms with van der Waals surface area (Å²) in [5.74, 6) is -3.59. The first kappa shape index (κ1) is 22.6. The number of rotatable bonds is 7. The lowest BCUT2D eigenvalue weighted by molar-refractivity contribution is -0.156. The van der Waals surface area contributed by atoms with Crippen LogP contribution >= 0.6 is 11.6 Å². The summed E-state index contributed by atoms with van der Waals surface area (Å²) in [7, 11) is -4.07. The summed E-state index contributed by atoms with van der Waals surface area (Å²) in [6.45, 7) is 1.20.